The molecule has 0 fully saturated rings. The summed E-state index contributed by atoms with van der Waals surface area (Å²) >= 11 is 0. The minimum Gasteiger partial charge on any atom is -0.390 e. The number of rotatable bonds is 21. The number of carbonyl (C=O) groups is 2. The van der Waals surface area contributed by atoms with E-state index in [0.717, 1.165) is 30.4 Å². The molecule has 0 unspecified atom stereocenters. The highest BCUT2D eigenvalue weighted by molar-refractivity contribution is 5.92. The van der Waals surface area contributed by atoms with E-state index in [0.29, 0.717) is 6.42 Å². The molecule has 0 amide bonds. The molecule has 0 aromatic heterocycles. The highest BCUT2D eigenvalue weighted by atomic mass is 16.6. The summed E-state index contributed by atoms with van der Waals surface area (Å²) in [5.41, 5.74) is 5.09. The fourth-order valence-corrected chi connectivity index (χ4v) is 5.70. The van der Waals surface area contributed by atoms with Crippen LogP contribution in [-0.2, 0) is 14.3 Å². The van der Waals surface area contributed by atoms with Crippen LogP contribution in [0.5, 0.6) is 0 Å². The molecule has 232 valence electrons. The molecule has 41 heavy (non-hydrogen) atoms. The van der Waals surface area contributed by atoms with E-state index in [1.54, 1.807) is 0 Å². The lowest BCUT2D eigenvalue weighted by molar-refractivity contribution is -0.156. The molecule has 0 aliphatic heterocycles. The van der Waals surface area contributed by atoms with Crippen LogP contribution in [0.25, 0.3) is 0 Å². The number of ether oxygens (including phenoxy) is 1. The number of hydrogen-bond donors (Lipinski definition) is 0. The third-order valence-corrected chi connectivity index (χ3v) is 8.32. The van der Waals surface area contributed by atoms with Crippen molar-refractivity contribution >= 4 is 11.9 Å². The Hall–Kier alpha value is -2.16. The summed E-state index contributed by atoms with van der Waals surface area (Å²) in [6, 6.07) is 0. The fraction of sp³-hybridized carbons (Fsp3) is 0.684. The van der Waals surface area contributed by atoms with Crippen molar-refractivity contribution in [2.45, 2.75) is 164 Å². The van der Waals surface area contributed by atoms with Crippen LogP contribution in [-0.4, -0.2) is 11.9 Å². The largest absolute Gasteiger partial charge is 0.390 e. The molecule has 0 radical (unpaired) electrons. The average Bonchev–Trinajstić information content (AvgIpc) is 2.90. The van der Waals surface area contributed by atoms with Crippen molar-refractivity contribution in [2.75, 3.05) is 0 Å². The Morgan fingerprint density at radius 1 is 0.780 bits per heavy atom. The molecule has 1 aliphatic carbocycles. The monoisotopic (exact) mass is 566 g/mol. The second-order valence-electron chi connectivity index (χ2n) is 12.9. The molecule has 0 saturated heterocycles. The van der Waals surface area contributed by atoms with Gasteiger partial charge in [-0.3, -0.25) is 4.79 Å². The molecule has 3 heteroatoms. The first-order valence-electron chi connectivity index (χ1n) is 16.8. The van der Waals surface area contributed by atoms with Gasteiger partial charge in [-0.15, -0.1) is 0 Å². The van der Waals surface area contributed by atoms with Crippen molar-refractivity contribution in [3.8, 4) is 0 Å². The standard InChI is InChI=1S/C38H62O3/c1-7-8-9-10-11-12-13-14-15-16-17-18-19-20-21-27-36(39)41-37(40)31-33(3)25-22-24-32(2)28-29-35-34(4)26-23-30-38(35,5)6/h22,24-25,28-29,31H,7-21,23,26-27,30H2,1-6H3/b25-22+,29-28+,32-24+,33-31+. The maximum Gasteiger partial charge on any atom is 0.338 e. The topological polar surface area (TPSA) is 43.4 Å². The van der Waals surface area contributed by atoms with E-state index in [-0.39, 0.29) is 5.41 Å². The van der Waals surface area contributed by atoms with E-state index in [2.05, 4.69) is 46.8 Å². The van der Waals surface area contributed by atoms with Gasteiger partial charge in [0.2, 0.25) is 0 Å². The van der Waals surface area contributed by atoms with Crippen molar-refractivity contribution in [1.29, 1.82) is 0 Å². The van der Waals surface area contributed by atoms with Gasteiger partial charge in [0.1, 0.15) is 0 Å². The van der Waals surface area contributed by atoms with Crippen molar-refractivity contribution in [3.63, 3.8) is 0 Å². The van der Waals surface area contributed by atoms with Gasteiger partial charge < -0.3 is 4.74 Å². The molecule has 1 aliphatic rings. The lowest BCUT2D eigenvalue weighted by atomic mass is 9.72. The molecular formula is C38H62O3. The Bertz CT molecular complexity index is 910. The number of hydrogen-bond acceptors (Lipinski definition) is 3. The van der Waals surface area contributed by atoms with E-state index >= 15 is 0 Å². The van der Waals surface area contributed by atoms with Gasteiger partial charge in [0.05, 0.1) is 0 Å². The highest BCUT2D eigenvalue weighted by Crippen LogP contribution is 2.40. The van der Waals surface area contributed by atoms with E-state index in [4.69, 9.17) is 4.74 Å². The van der Waals surface area contributed by atoms with Gasteiger partial charge in [-0.25, -0.2) is 4.79 Å². The van der Waals surface area contributed by atoms with E-state index in [1.807, 2.05) is 25.2 Å². The van der Waals surface area contributed by atoms with Gasteiger partial charge in [0, 0.05) is 12.5 Å². The second kappa shape index (κ2) is 22.4. The van der Waals surface area contributed by atoms with Crippen LogP contribution in [0.3, 0.4) is 0 Å². The summed E-state index contributed by atoms with van der Waals surface area (Å²) in [7, 11) is 0. The van der Waals surface area contributed by atoms with E-state index in [9.17, 15) is 9.59 Å². The molecule has 0 spiro atoms. The first-order valence-corrected chi connectivity index (χ1v) is 16.8. The van der Waals surface area contributed by atoms with Gasteiger partial charge in [-0.2, -0.15) is 0 Å². The van der Waals surface area contributed by atoms with Gasteiger partial charge in [0.25, 0.3) is 0 Å². The zero-order valence-electron chi connectivity index (χ0n) is 27.6. The van der Waals surface area contributed by atoms with Crippen LogP contribution in [0.2, 0.25) is 0 Å². The molecule has 0 atom stereocenters. The number of unbranched alkanes of at least 4 members (excludes halogenated alkanes) is 14. The number of allylic oxidation sites excluding steroid dienone is 9. The molecule has 0 aromatic rings. The Morgan fingerprint density at radius 2 is 1.32 bits per heavy atom. The quantitative estimate of drug-likeness (QED) is 0.0456. The average molecular weight is 567 g/mol. The SMILES string of the molecule is CCCCCCCCCCCCCCCCCC(=O)OC(=O)/C=C(C)/C=C/C=C(C)/C=C/C1=C(C)CCCC1(C)C. The summed E-state index contributed by atoms with van der Waals surface area (Å²) in [5.74, 6) is -1.01. The van der Waals surface area contributed by atoms with Crippen LogP contribution < -0.4 is 0 Å². The third kappa shape index (κ3) is 18.8. The van der Waals surface area contributed by atoms with Crippen LogP contribution in [0, 0.1) is 5.41 Å². The van der Waals surface area contributed by atoms with Gasteiger partial charge in [-0.1, -0.05) is 152 Å². The predicted octanol–water partition coefficient (Wildman–Crippen LogP) is 11.8. The summed E-state index contributed by atoms with van der Waals surface area (Å²) in [6.45, 7) is 13.1. The third-order valence-electron chi connectivity index (χ3n) is 8.32. The maximum atomic E-state index is 12.1. The maximum absolute atomic E-state index is 12.1. The smallest absolute Gasteiger partial charge is 0.338 e. The van der Waals surface area contributed by atoms with Gasteiger partial charge in [0.15, 0.2) is 0 Å². The Morgan fingerprint density at radius 3 is 1.85 bits per heavy atom. The molecule has 0 saturated carbocycles. The molecular weight excluding hydrogens is 504 g/mol. The van der Waals surface area contributed by atoms with Gasteiger partial charge in [-0.05, 0) is 63.0 Å². The molecule has 0 aromatic carbocycles. The number of carbonyl (C=O) groups excluding carboxylic acids is 2. The molecule has 3 nitrogen and oxygen atoms in total. The first kappa shape index (κ1) is 36.9. The summed E-state index contributed by atoms with van der Waals surface area (Å²) in [6.07, 6.45) is 35.0. The summed E-state index contributed by atoms with van der Waals surface area (Å²) in [5, 5.41) is 0. The fourth-order valence-electron chi connectivity index (χ4n) is 5.70. The van der Waals surface area contributed by atoms with E-state index in [1.165, 1.54) is 114 Å². The van der Waals surface area contributed by atoms with Crippen LogP contribution in [0.4, 0.5) is 0 Å². The van der Waals surface area contributed by atoms with Crippen molar-refractivity contribution < 1.29 is 14.3 Å². The molecule has 1 rings (SSSR count). The van der Waals surface area contributed by atoms with Crippen molar-refractivity contribution in [1.82, 2.24) is 0 Å². The van der Waals surface area contributed by atoms with Crippen LogP contribution in [0.1, 0.15) is 164 Å². The predicted molar refractivity (Wildman–Crippen MR) is 177 cm³/mol. The lowest BCUT2D eigenvalue weighted by Gasteiger charge is -2.32. The first-order chi connectivity index (χ1) is 19.7. The highest BCUT2D eigenvalue weighted by Gasteiger charge is 2.26. The zero-order chi connectivity index (χ0) is 30.3. The Labute approximate surface area is 253 Å². The minimum absolute atomic E-state index is 0.234. The van der Waals surface area contributed by atoms with Crippen molar-refractivity contribution in [3.05, 3.63) is 58.7 Å². The zero-order valence-corrected chi connectivity index (χ0v) is 27.6. The lowest BCUT2D eigenvalue weighted by Crippen LogP contribution is -2.19. The Kier molecular flexibility index (Phi) is 20.2. The second-order valence-corrected chi connectivity index (χ2v) is 12.9. The summed E-state index contributed by atoms with van der Waals surface area (Å²) in [4.78, 5) is 24.1. The van der Waals surface area contributed by atoms with Gasteiger partial charge >= 0.3 is 11.9 Å². The number of esters is 2. The molecule has 0 heterocycles. The normalized spacial score (nSPS) is 16.2. The van der Waals surface area contributed by atoms with Crippen LogP contribution in [0.15, 0.2) is 58.7 Å². The van der Waals surface area contributed by atoms with E-state index < -0.39 is 11.9 Å². The Balaban J connectivity index is 2.16. The van der Waals surface area contributed by atoms with Crippen molar-refractivity contribution in [2.24, 2.45) is 5.41 Å². The summed E-state index contributed by atoms with van der Waals surface area (Å²) < 4.78 is 4.98. The molecule has 0 bridgehead atoms. The molecule has 0 N–H and O–H groups in total. The minimum atomic E-state index is -0.583. The van der Waals surface area contributed by atoms with Crippen LogP contribution >= 0.6 is 0 Å².